The molecule has 2 heterocycles. The first-order valence-corrected chi connectivity index (χ1v) is 13.5. The van der Waals surface area contributed by atoms with Gasteiger partial charge in [-0.05, 0) is 31.0 Å². The standard InChI is InChI=1S/C29H27N3O8S/c1-4-6-14-39-21-12-8-10-19(16-21)24(33)22-23(18-9-7-11-20(15-18)32(37)38)31(27(35)25(22)34)29-30-17(3)26(41-29)28(36)40-13-5-2/h5,7-12,15-16,23,33H,2,4,6,13-14H2,1,3H3. The normalized spacial score (nSPS) is 16.0. The molecule has 12 heteroatoms. The lowest BCUT2D eigenvalue weighted by Gasteiger charge is -2.23. The van der Waals surface area contributed by atoms with E-state index in [0.717, 1.165) is 29.1 Å². The molecule has 1 saturated heterocycles. The van der Waals surface area contributed by atoms with E-state index in [1.807, 2.05) is 6.92 Å². The molecule has 1 unspecified atom stereocenters. The molecule has 0 spiro atoms. The Morgan fingerprint density at radius 2 is 2.00 bits per heavy atom. The lowest BCUT2D eigenvalue weighted by Crippen LogP contribution is -2.29. The SMILES string of the molecule is C=CCOC(=O)c1sc(N2C(=O)C(=O)C(=C(O)c3cccc(OCCCC)c3)C2c2cccc([N+](=O)[O-])c2)nc1C. The predicted octanol–water partition coefficient (Wildman–Crippen LogP) is 5.51. The summed E-state index contributed by atoms with van der Waals surface area (Å²) >= 11 is 0.828. The van der Waals surface area contributed by atoms with Gasteiger partial charge in [0, 0.05) is 17.7 Å². The number of thiazole rings is 1. The smallest absolute Gasteiger partial charge is 0.350 e. The zero-order valence-corrected chi connectivity index (χ0v) is 23.2. The molecule has 4 rings (SSSR count). The van der Waals surface area contributed by atoms with E-state index in [4.69, 9.17) is 9.47 Å². The van der Waals surface area contributed by atoms with Crippen molar-refractivity contribution in [1.29, 1.82) is 0 Å². The Balaban J connectivity index is 1.87. The van der Waals surface area contributed by atoms with Gasteiger partial charge < -0.3 is 14.6 Å². The van der Waals surface area contributed by atoms with E-state index < -0.39 is 34.4 Å². The summed E-state index contributed by atoms with van der Waals surface area (Å²) in [6.07, 6.45) is 3.15. The van der Waals surface area contributed by atoms with Gasteiger partial charge >= 0.3 is 11.9 Å². The molecule has 3 aromatic rings. The number of aliphatic hydroxyl groups is 1. The van der Waals surface area contributed by atoms with Crippen LogP contribution in [0.25, 0.3) is 5.76 Å². The van der Waals surface area contributed by atoms with E-state index in [2.05, 4.69) is 11.6 Å². The monoisotopic (exact) mass is 577 g/mol. The fourth-order valence-corrected chi connectivity index (χ4v) is 5.24. The zero-order chi connectivity index (χ0) is 29.7. The molecule has 1 aliphatic heterocycles. The van der Waals surface area contributed by atoms with Gasteiger partial charge in [0.05, 0.1) is 28.8 Å². The molecule has 1 aromatic heterocycles. The summed E-state index contributed by atoms with van der Waals surface area (Å²) in [4.78, 5) is 55.9. The van der Waals surface area contributed by atoms with Crippen molar-refractivity contribution in [3.05, 3.63) is 98.6 Å². The highest BCUT2D eigenvalue weighted by Gasteiger charge is 2.48. The highest BCUT2D eigenvalue weighted by Crippen LogP contribution is 2.44. The fraction of sp³-hybridized carbons (Fsp3) is 0.241. The van der Waals surface area contributed by atoms with Crippen molar-refractivity contribution >= 4 is 45.6 Å². The molecule has 1 amide bonds. The third-order valence-corrected chi connectivity index (χ3v) is 7.36. The Kier molecular flexibility index (Phi) is 8.93. The molecule has 0 radical (unpaired) electrons. The Hall–Kier alpha value is -4.84. The van der Waals surface area contributed by atoms with E-state index in [1.165, 1.54) is 30.3 Å². The number of carbonyl (C=O) groups excluding carboxylic acids is 3. The number of ether oxygens (including phenoxy) is 2. The largest absolute Gasteiger partial charge is 0.507 e. The number of aliphatic hydroxyl groups excluding tert-OH is 1. The number of hydrogen-bond donors (Lipinski definition) is 1. The van der Waals surface area contributed by atoms with E-state index in [9.17, 15) is 29.6 Å². The highest BCUT2D eigenvalue weighted by molar-refractivity contribution is 7.17. The second kappa shape index (κ2) is 12.6. The van der Waals surface area contributed by atoms with Crippen LogP contribution in [0.2, 0.25) is 0 Å². The lowest BCUT2D eigenvalue weighted by molar-refractivity contribution is -0.384. The number of nitro benzene ring substituents is 1. The number of rotatable bonds is 11. The molecule has 1 atom stereocenters. The van der Waals surface area contributed by atoms with Crippen LogP contribution in [0.5, 0.6) is 5.75 Å². The molecular weight excluding hydrogens is 550 g/mol. The second-order valence-electron chi connectivity index (χ2n) is 9.05. The number of nitro groups is 1. The number of Topliss-reactive ketones (excluding diaryl/α,β-unsaturated/α-hetero) is 1. The Labute approximate surface area is 239 Å². The molecule has 1 N–H and O–H groups in total. The van der Waals surface area contributed by atoms with Crippen LogP contribution in [0, 0.1) is 17.0 Å². The van der Waals surface area contributed by atoms with Gasteiger partial charge in [0.2, 0.25) is 0 Å². The predicted molar refractivity (Wildman–Crippen MR) is 152 cm³/mol. The number of aromatic nitrogens is 1. The number of carbonyl (C=O) groups is 3. The number of unbranched alkanes of at least 4 members (excludes halogenated alkanes) is 1. The van der Waals surface area contributed by atoms with Crippen molar-refractivity contribution in [3.8, 4) is 5.75 Å². The summed E-state index contributed by atoms with van der Waals surface area (Å²) in [5.74, 6) is -2.74. The summed E-state index contributed by atoms with van der Waals surface area (Å²) in [5.41, 5.74) is 0.110. The Bertz CT molecular complexity index is 1560. The maximum atomic E-state index is 13.5. The molecule has 212 valence electrons. The van der Waals surface area contributed by atoms with Crippen molar-refractivity contribution in [2.45, 2.75) is 32.7 Å². The van der Waals surface area contributed by atoms with E-state index in [-0.39, 0.29) is 44.7 Å². The van der Waals surface area contributed by atoms with E-state index >= 15 is 0 Å². The molecule has 2 aromatic carbocycles. The van der Waals surface area contributed by atoms with E-state index in [0.29, 0.717) is 12.4 Å². The number of anilines is 1. The minimum Gasteiger partial charge on any atom is -0.507 e. The maximum absolute atomic E-state index is 13.5. The number of benzene rings is 2. The van der Waals surface area contributed by atoms with Gasteiger partial charge in [-0.1, -0.05) is 61.6 Å². The van der Waals surface area contributed by atoms with Gasteiger partial charge in [-0.15, -0.1) is 0 Å². The minimum absolute atomic E-state index is 0.0117. The molecule has 0 saturated carbocycles. The van der Waals surface area contributed by atoms with Crippen LogP contribution < -0.4 is 9.64 Å². The first-order chi connectivity index (χ1) is 19.7. The average Bonchev–Trinajstić information content (AvgIpc) is 3.48. The van der Waals surface area contributed by atoms with Gasteiger partial charge in [-0.2, -0.15) is 0 Å². The van der Waals surface area contributed by atoms with Crippen molar-refractivity contribution in [2.75, 3.05) is 18.1 Å². The third-order valence-electron chi connectivity index (χ3n) is 6.22. The van der Waals surface area contributed by atoms with Crippen molar-refractivity contribution in [2.24, 2.45) is 0 Å². The molecule has 1 aliphatic rings. The van der Waals surface area contributed by atoms with Gasteiger partial charge in [0.25, 0.3) is 11.5 Å². The third kappa shape index (κ3) is 6.02. The van der Waals surface area contributed by atoms with Crippen LogP contribution in [0.4, 0.5) is 10.8 Å². The number of amides is 1. The summed E-state index contributed by atoms with van der Waals surface area (Å²) < 4.78 is 10.8. The fourth-order valence-electron chi connectivity index (χ4n) is 4.25. The number of nitrogens with zero attached hydrogens (tertiary/aromatic N) is 3. The van der Waals surface area contributed by atoms with Crippen molar-refractivity contribution in [1.82, 2.24) is 4.98 Å². The highest BCUT2D eigenvalue weighted by atomic mass is 32.1. The Morgan fingerprint density at radius 1 is 1.24 bits per heavy atom. The van der Waals surface area contributed by atoms with Crippen LogP contribution in [0.15, 0.2) is 66.8 Å². The van der Waals surface area contributed by atoms with Crippen LogP contribution in [0.1, 0.15) is 52.3 Å². The zero-order valence-electron chi connectivity index (χ0n) is 22.4. The summed E-state index contributed by atoms with van der Waals surface area (Å²) in [6.45, 7) is 7.50. The lowest BCUT2D eigenvalue weighted by atomic mass is 9.95. The molecule has 0 bridgehead atoms. The maximum Gasteiger partial charge on any atom is 0.350 e. The van der Waals surface area contributed by atoms with Crippen LogP contribution in [0.3, 0.4) is 0 Å². The molecule has 0 aliphatic carbocycles. The number of aryl methyl sites for hydroxylation is 1. The number of non-ortho nitro benzene ring substituents is 1. The van der Waals surface area contributed by atoms with Gasteiger partial charge in [0.15, 0.2) is 5.13 Å². The topological polar surface area (TPSA) is 149 Å². The van der Waals surface area contributed by atoms with Gasteiger partial charge in [0.1, 0.15) is 23.0 Å². The van der Waals surface area contributed by atoms with Crippen molar-refractivity contribution < 1.29 is 33.9 Å². The number of hydrogen-bond acceptors (Lipinski definition) is 10. The molecule has 11 nitrogen and oxygen atoms in total. The number of esters is 1. The summed E-state index contributed by atoms with van der Waals surface area (Å²) in [6, 6.07) is 10.6. The summed E-state index contributed by atoms with van der Waals surface area (Å²) in [7, 11) is 0. The molecular formula is C29H27N3O8S. The number of ketones is 1. The second-order valence-corrected chi connectivity index (χ2v) is 10.0. The van der Waals surface area contributed by atoms with Crippen LogP contribution in [-0.4, -0.2) is 45.9 Å². The first-order valence-electron chi connectivity index (χ1n) is 12.7. The Morgan fingerprint density at radius 3 is 2.71 bits per heavy atom. The van der Waals surface area contributed by atoms with Gasteiger partial charge in [-0.25, -0.2) is 9.78 Å². The quantitative estimate of drug-likeness (QED) is 0.0455. The van der Waals surface area contributed by atoms with Crippen LogP contribution >= 0.6 is 11.3 Å². The average molecular weight is 578 g/mol. The van der Waals surface area contributed by atoms with E-state index in [1.54, 1.807) is 31.2 Å². The first kappa shape index (κ1) is 29.2. The van der Waals surface area contributed by atoms with Gasteiger partial charge in [-0.3, -0.25) is 24.6 Å². The molecule has 1 fully saturated rings. The minimum atomic E-state index is -1.28. The molecule has 41 heavy (non-hydrogen) atoms. The summed E-state index contributed by atoms with van der Waals surface area (Å²) in [5, 5.41) is 23.0. The van der Waals surface area contributed by atoms with Crippen LogP contribution in [-0.2, 0) is 14.3 Å². The van der Waals surface area contributed by atoms with Crippen molar-refractivity contribution in [3.63, 3.8) is 0 Å².